The minimum absolute atomic E-state index is 0.453. The summed E-state index contributed by atoms with van der Waals surface area (Å²) in [5, 5.41) is 3.20. The van der Waals surface area contributed by atoms with E-state index < -0.39 is 0 Å². The zero-order valence-electron chi connectivity index (χ0n) is 11.0. The van der Waals surface area contributed by atoms with Crippen LogP contribution in [0.5, 0.6) is 0 Å². The Bertz CT molecular complexity index is 789. The van der Waals surface area contributed by atoms with Gasteiger partial charge in [0.25, 0.3) is 0 Å². The molecule has 0 atom stereocenters. The van der Waals surface area contributed by atoms with Gasteiger partial charge in [0.15, 0.2) is 0 Å². The Kier molecular flexibility index (Phi) is 3.56. The van der Waals surface area contributed by atoms with Crippen LogP contribution < -0.4 is 11.3 Å². The lowest BCUT2D eigenvalue weighted by Gasteiger charge is -2.12. The van der Waals surface area contributed by atoms with E-state index in [0.29, 0.717) is 6.61 Å². The molecule has 0 fully saturated rings. The summed E-state index contributed by atoms with van der Waals surface area (Å²) < 4.78 is 6.20. The molecule has 0 amide bonds. The highest BCUT2D eigenvalue weighted by molar-refractivity contribution is 9.10. The number of hydrogen-bond donors (Lipinski definition) is 2. The molecule has 3 N–H and O–H groups in total. The number of nitrogens with zero attached hydrogens (tertiary/aromatic N) is 1. The van der Waals surface area contributed by atoms with Crippen molar-refractivity contribution in [3.63, 3.8) is 0 Å². The molecule has 0 bridgehead atoms. The lowest BCUT2D eigenvalue weighted by Crippen LogP contribution is -2.09. The van der Waals surface area contributed by atoms with Crippen LogP contribution in [0, 0.1) is 0 Å². The highest BCUT2D eigenvalue weighted by atomic mass is 79.9. The van der Waals surface area contributed by atoms with E-state index in [-0.39, 0.29) is 0 Å². The smallest absolute Gasteiger partial charge is 0.0885 e. The van der Waals surface area contributed by atoms with Crippen molar-refractivity contribution in [3.8, 4) is 0 Å². The molecule has 1 heterocycles. The fourth-order valence-electron chi connectivity index (χ4n) is 2.40. The standard InChI is InChI=1S/C15H14BrN3O/c1-20-8-9-6-14(19-17)12-7-13(16)10-4-2-3-5-11(10)15(12)18-9/h2-7H,8,17H2,1H3,(H,18,19). The molecule has 20 heavy (non-hydrogen) atoms. The number of nitrogens with two attached hydrogens (primary N) is 1. The van der Waals surface area contributed by atoms with E-state index in [1.807, 2.05) is 24.3 Å². The predicted octanol–water partition coefficient (Wildman–Crippen LogP) is 3.58. The van der Waals surface area contributed by atoms with E-state index in [1.165, 1.54) is 0 Å². The molecule has 0 aliphatic carbocycles. The maximum Gasteiger partial charge on any atom is 0.0885 e. The van der Waals surface area contributed by atoms with Crippen molar-refractivity contribution in [1.29, 1.82) is 0 Å². The first-order valence-corrected chi connectivity index (χ1v) is 7.00. The third-order valence-electron chi connectivity index (χ3n) is 3.27. The monoisotopic (exact) mass is 331 g/mol. The van der Waals surface area contributed by atoms with E-state index in [0.717, 1.165) is 37.5 Å². The molecule has 0 saturated heterocycles. The lowest BCUT2D eigenvalue weighted by molar-refractivity contribution is 0.182. The Balaban J connectivity index is 2.44. The molecule has 0 spiro atoms. The van der Waals surface area contributed by atoms with Gasteiger partial charge < -0.3 is 10.2 Å². The normalized spacial score (nSPS) is 11.2. The van der Waals surface area contributed by atoms with E-state index >= 15 is 0 Å². The number of nitrogen functional groups attached to an aromatic ring is 1. The van der Waals surface area contributed by atoms with Gasteiger partial charge in [0.1, 0.15) is 0 Å². The Morgan fingerprint density at radius 3 is 2.65 bits per heavy atom. The van der Waals surface area contributed by atoms with Crippen LogP contribution in [0.1, 0.15) is 5.69 Å². The second kappa shape index (κ2) is 5.36. The molecule has 2 aromatic carbocycles. The first-order valence-electron chi connectivity index (χ1n) is 6.21. The summed E-state index contributed by atoms with van der Waals surface area (Å²) in [6.07, 6.45) is 0. The quantitative estimate of drug-likeness (QED) is 0.437. The minimum atomic E-state index is 0.453. The number of halogens is 1. The van der Waals surface area contributed by atoms with Crippen LogP contribution in [-0.2, 0) is 11.3 Å². The Morgan fingerprint density at radius 2 is 1.95 bits per heavy atom. The van der Waals surface area contributed by atoms with Gasteiger partial charge in [-0.15, -0.1) is 0 Å². The second-order valence-corrected chi connectivity index (χ2v) is 5.39. The van der Waals surface area contributed by atoms with Crippen molar-refractivity contribution >= 4 is 43.3 Å². The molecule has 0 unspecified atom stereocenters. The van der Waals surface area contributed by atoms with Crippen LogP contribution >= 0.6 is 15.9 Å². The van der Waals surface area contributed by atoms with Crippen LogP contribution in [0.3, 0.4) is 0 Å². The van der Waals surface area contributed by atoms with Crippen LogP contribution in [0.4, 0.5) is 5.69 Å². The summed E-state index contributed by atoms with van der Waals surface area (Å²) in [5.41, 5.74) is 5.36. The Labute approximate surface area is 125 Å². The van der Waals surface area contributed by atoms with Gasteiger partial charge in [-0.25, -0.2) is 4.98 Å². The first-order chi connectivity index (χ1) is 9.74. The third kappa shape index (κ3) is 2.14. The minimum Gasteiger partial charge on any atom is -0.378 e. The van der Waals surface area contributed by atoms with Gasteiger partial charge in [0.2, 0.25) is 0 Å². The SMILES string of the molecule is COCc1cc(NN)c2cc(Br)c3ccccc3c2n1. The molecule has 1 aromatic heterocycles. The van der Waals surface area contributed by atoms with Crippen molar-refractivity contribution in [1.82, 2.24) is 4.98 Å². The number of benzene rings is 2. The average molecular weight is 332 g/mol. The molecule has 3 aromatic rings. The molecule has 102 valence electrons. The molecule has 0 saturated carbocycles. The maximum atomic E-state index is 5.64. The van der Waals surface area contributed by atoms with Gasteiger partial charge in [-0.3, -0.25) is 5.84 Å². The van der Waals surface area contributed by atoms with Crippen LogP contribution in [0.2, 0.25) is 0 Å². The maximum absolute atomic E-state index is 5.64. The number of rotatable bonds is 3. The molecular formula is C15H14BrN3O. The van der Waals surface area contributed by atoms with E-state index in [4.69, 9.17) is 15.6 Å². The summed E-state index contributed by atoms with van der Waals surface area (Å²) in [5.74, 6) is 5.64. The number of methoxy groups -OCH3 is 1. The fraction of sp³-hybridized carbons (Fsp3) is 0.133. The molecule has 5 heteroatoms. The number of hydrazine groups is 1. The van der Waals surface area contributed by atoms with Gasteiger partial charge in [0.05, 0.1) is 23.5 Å². The van der Waals surface area contributed by atoms with Crippen molar-refractivity contribution in [2.45, 2.75) is 6.61 Å². The Morgan fingerprint density at radius 1 is 1.20 bits per heavy atom. The fourth-order valence-corrected chi connectivity index (χ4v) is 2.98. The van der Waals surface area contributed by atoms with Gasteiger partial charge >= 0.3 is 0 Å². The third-order valence-corrected chi connectivity index (χ3v) is 3.93. The summed E-state index contributed by atoms with van der Waals surface area (Å²) >= 11 is 3.61. The summed E-state index contributed by atoms with van der Waals surface area (Å²) in [7, 11) is 1.65. The number of nitrogens with one attached hydrogen (secondary N) is 1. The molecule has 0 aliphatic rings. The molecule has 0 radical (unpaired) electrons. The summed E-state index contributed by atoms with van der Waals surface area (Å²) in [6.45, 7) is 0.453. The molecular weight excluding hydrogens is 318 g/mol. The molecule has 4 nitrogen and oxygen atoms in total. The van der Waals surface area contributed by atoms with Crippen LogP contribution in [0.25, 0.3) is 21.7 Å². The predicted molar refractivity (Wildman–Crippen MR) is 85.5 cm³/mol. The second-order valence-electron chi connectivity index (χ2n) is 4.54. The highest BCUT2D eigenvalue weighted by Gasteiger charge is 2.11. The van der Waals surface area contributed by atoms with Crippen LogP contribution in [0.15, 0.2) is 40.9 Å². The van der Waals surface area contributed by atoms with E-state index in [2.05, 4.69) is 33.5 Å². The van der Waals surface area contributed by atoms with Gasteiger partial charge in [0, 0.05) is 22.4 Å². The number of ether oxygens (including phenoxy) is 1. The van der Waals surface area contributed by atoms with Gasteiger partial charge in [-0.1, -0.05) is 40.2 Å². The van der Waals surface area contributed by atoms with Gasteiger partial charge in [-0.05, 0) is 17.5 Å². The summed E-state index contributed by atoms with van der Waals surface area (Å²) in [4.78, 5) is 4.70. The van der Waals surface area contributed by atoms with Crippen molar-refractivity contribution in [2.75, 3.05) is 12.5 Å². The molecule has 3 rings (SSSR count). The Hall–Kier alpha value is -1.69. The lowest BCUT2D eigenvalue weighted by atomic mass is 10.0. The van der Waals surface area contributed by atoms with Crippen LogP contribution in [-0.4, -0.2) is 12.1 Å². The highest BCUT2D eigenvalue weighted by Crippen LogP contribution is 2.34. The first kappa shape index (κ1) is 13.3. The molecule has 0 aliphatic heterocycles. The van der Waals surface area contributed by atoms with E-state index in [9.17, 15) is 0 Å². The number of anilines is 1. The number of hydrogen-bond acceptors (Lipinski definition) is 4. The topological polar surface area (TPSA) is 60.2 Å². The number of aromatic nitrogens is 1. The number of pyridine rings is 1. The van der Waals surface area contributed by atoms with Crippen molar-refractivity contribution in [3.05, 3.63) is 46.6 Å². The van der Waals surface area contributed by atoms with E-state index in [1.54, 1.807) is 7.11 Å². The average Bonchev–Trinajstić information content (AvgIpc) is 2.48. The zero-order chi connectivity index (χ0) is 14.1. The van der Waals surface area contributed by atoms with Crippen molar-refractivity contribution in [2.24, 2.45) is 5.84 Å². The largest absolute Gasteiger partial charge is 0.378 e. The van der Waals surface area contributed by atoms with Crippen molar-refractivity contribution < 1.29 is 4.74 Å². The summed E-state index contributed by atoms with van der Waals surface area (Å²) in [6, 6.07) is 12.1. The zero-order valence-corrected chi connectivity index (χ0v) is 12.6. The van der Waals surface area contributed by atoms with Gasteiger partial charge in [-0.2, -0.15) is 0 Å². The number of fused-ring (bicyclic) bond motifs is 3.